The number of hydrogen-bond donors (Lipinski definition) is 1. The van der Waals surface area contributed by atoms with Crippen molar-refractivity contribution in [2.45, 2.75) is 226 Å². The Morgan fingerprint density at radius 2 is 1.08 bits per heavy atom. The van der Waals surface area contributed by atoms with Gasteiger partial charge in [-0.2, -0.15) is 0 Å². The molecule has 0 aromatic rings. The largest absolute Gasteiger partial charge is 0.481 e. The number of likely N-dealkylation sites (tertiary alicyclic amines) is 1. The molecule has 1 aliphatic rings. The quantitative estimate of drug-likeness (QED) is 0.0388. The van der Waals surface area contributed by atoms with Crippen LogP contribution in [0.5, 0.6) is 0 Å². The van der Waals surface area contributed by atoms with Gasteiger partial charge in [0.25, 0.3) is 0 Å². The van der Waals surface area contributed by atoms with Crippen LogP contribution < -0.4 is 0 Å². The molecule has 51 heavy (non-hydrogen) atoms. The molecule has 7 heteroatoms. The molecule has 0 aromatic carbocycles. The number of unbranched alkanes of at least 4 members (excludes halogenated alkanes) is 20. The normalized spacial score (nSPS) is 18.5. The molecular weight excluding hydrogens is 638 g/mol. The summed E-state index contributed by atoms with van der Waals surface area (Å²) in [5, 5.41) is 10.2. The first-order valence-corrected chi connectivity index (χ1v) is 22.1. The van der Waals surface area contributed by atoms with Crippen molar-refractivity contribution < 1.29 is 28.9 Å². The second kappa shape index (κ2) is 32.3. The van der Waals surface area contributed by atoms with Gasteiger partial charge in [-0.1, -0.05) is 149 Å². The fourth-order valence-corrected chi connectivity index (χ4v) is 8.04. The van der Waals surface area contributed by atoms with Crippen molar-refractivity contribution in [3.63, 3.8) is 0 Å². The summed E-state index contributed by atoms with van der Waals surface area (Å²) in [5.74, 6) is -0.646. The lowest BCUT2D eigenvalue weighted by Crippen LogP contribution is -2.46. The molecule has 0 radical (unpaired) electrons. The second-order valence-electron chi connectivity index (χ2n) is 16.1. The van der Waals surface area contributed by atoms with E-state index in [-0.39, 0.29) is 24.2 Å². The summed E-state index contributed by atoms with van der Waals surface area (Å²) in [7, 11) is 2.07. The van der Waals surface area contributed by atoms with Gasteiger partial charge in [0.05, 0.1) is 12.0 Å². The summed E-state index contributed by atoms with van der Waals surface area (Å²) >= 11 is 0. The van der Waals surface area contributed by atoms with Crippen LogP contribution in [0.1, 0.15) is 214 Å². The predicted molar refractivity (Wildman–Crippen MR) is 213 cm³/mol. The van der Waals surface area contributed by atoms with Crippen molar-refractivity contribution in [2.24, 2.45) is 11.3 Å². The van der Waals surface area contributed by atoms with Gasteiger partial charge in [-0.05, 0) is 77.8 Å². The molecule has 1 N–H and O–H groups in total. The maximum absolute atomic E-state index is 12.8. The van der Waals surface area contributed by atoms with Gasteiger partial charge in [0.2, 0.25) is 0 Å². The maximum Gasteiger partial charge on any atom is 0.311 e. The lowest BCUT2D eigenvalue weighted by molar-refractivity contribution is -0.151. The van der Waals surface area contributed by atoms with Crippen LogP contribution in [0.4, 0.5) is 0 Å². The molecule has 3 unspecified atom stereocenters. The molecule has 0 amide bonds. The van der Waals surface area contributed by atoms with E-state index in [0.29, 0.717) is 19.4 Å². The SMILES string of the molecule is CCCCCCCCCCCCC(CCOC(=O)CCCCC(OCCCCCCCC)OCCCCCCCC)C1N(C)CCC1(C)C(=O)O. The zero-order valence-electron chi connectivity index (χ0n) is 34.5. The van der Waals surface area contributed by atoms with Gasteiger partial charge in [0, 0.05) is 25.7 Å². The van der Waals surface area contributed by atoms with Gasteiger partial charge in [-0.25, -0.2) is 0 Å². The zero-order valence-corrected chi connectivity index (χ0v) is 34.5. The van der Waals surface area contributed by atoms with Gasteiger partial charge in [0.15, 0.2) is 6.29 Å². The van der Waals surface area contributed by atoms with E-state index in [0.717, 1.165) is 71.1 Å². The van der Waals surface area contributed by atoms with E-state index in [9.17, 15) is 14.7 Å². The highest BCUT2D eigenvalue weighted by Gasteiger charge is 2.51. The molecule has 0 bridgehead atoms. The molecule has 0 saturated carbocycles. The molecule has 3 atom stereocenters. The molecule has 1 aliphatic heterocycles. The highest BCUT2D eigenvalue weighted by atomic mass is 16.7. The van der Waals surface area contributed by atoms with Crippen molar-refractivity contribution in [1.29, 1.82) is 0 Å². The first-order valence-electron chi connectivity index (χ1n) is 22.1. The van der Waals surface area contributed by atoms with Crippen LogP contribution in [0.15, 0.2) is 0 Å². The Hall–Kier alpha value is -1.18. The monoisotopic (exact) mass is 724 g/mol. The van der Waals surface area contributed by atoms with Crippen LogP contribution in [0.25, 0.3) is 0 Å². The van der Waals surface area contributed by atoms with E-state index < -0.39 is 11.4 Å². The second-order valence-corrected chi connectivity index (χ2v) is 16.1. The van der Waals surface area contributed by atoms with Crippen LogP contribution in [0.2, 0.25) is 0 Å². The third-order valence-corrected chi connectivity index (χ3v) is 11.4. The molecule has 1 saturated heterocycles. The summed E-state index contributed by atoms with van der Waals surface area (Å²) in [6.45, 7) is 11.3. The molecule has 1 heterocycles. The molecule has 1 rings (SSSR count). The number of rotatable bonds is 37. The Kier molecular flexibility index (Phi) is 30.3. The number of carboxylic acids is 1. The maximum atomic E-state index is 12.8. The molecule has 302 valence electrons. The third kappa shape index (κ3) is 23.3. The molecular formula is C44H85NO6. The summed E-state index contributed by atoms with van der Waals surface area (Å²) in [5.41, 5.74) is -0.757. The summed E-state index contributed by atoms with van der Waals surface area (Å²) in [4.78, 5) is 27.4. The van der Waals surface area contributed by atoms with E-state index in [1.165, 1.54) is 122 Å². The van der Waals surface area contributed by atoms with Crippen molar-refractivity contribution in [1.82, 2.24) is 4.90 Å². The number of hydrogen-bond acceptors (Lipinski definition) is 6. The van der Waals surface area contributed by atoms with Crippen LogP contribution in [0.3, 0.4) is 0 Å². The van der Waals surface area contributed by atoms with E-state index in [1.54, 1.807) is 0 Å². The molecule has 0 aliphatic carbocycles. The standard InChI is InChI=1S/C44H85NO6/c1-6-9-12-15-18-19-20-21-22-25-30-39(42-44(4,43(47)48)34-35-45(42)5)33-38-49-40(46)31-26-27-32-41(50-36-28-23-16-13-10-7-2)51-37-29-24-17-14-11-8-3/h39,41-42H,6-38H2,1-5H3,(H,47,48). The van der Waals surface area contributed by atoms with E-state index in [2.05, 4.69) is 32.7 Å². The minimum Gasteiger partial charge on any atom is -0.481 e. The van der Waals surface area contributed by atoms with Crippen molar-refractivity contribution >= 4 is 11.9 Å². The first-order chi connectivity index (χ1) is 24.8. The van der Waals surface area contributed by atoms with Gasteiger partial charge in [-0.3, -0.25) is 9.59 Å². The number of carbonyl (C=O) groups is 2. The van der Waals surface area contributed by atoms with Crippen molar-refractivity contribution in [3.05, 3.63) is 0 Å². The fraction of sp³-hybridized carbons (Fsp3) is 0.955. The third-order valence-electron chi connectivity index (χ3n) is 11.4. The van der Waals surface area contributed by atoms with Gasteiger partial charge >= 0.3 is 11.9 Å². The van der Waals surface area contributed by atoms with E-state index in [1.807, 2.05) is 6.92 Å². The number of esters is 1. The number of ether oxygens (including phenoxy) is 3. The zero-order chi connectivity index (χ0) is 37.4. The summed E-state index contributed by atoms with van der Waals surface area (Å²) < 4.78 is 18.1. The van der Waals surface area contributed by atoms with Crippen LogP contribution in [-0.2, 0) is 23.8 Å². The number of nitrogens with zero attached hydrogens (tertiary/aromatic N) is 1. The Bertz CT molecular complexity index is 805. The van der Waals surface area contributed by atoms with Crippen LogP contribution in [-0.4, -0.2) is 67.7 Å². The van der Waals surface area contributed by atoms with Crippen molar-refractivity contribution in [3.8, 4) is 0 Å². The summed E-state index contributed by atoms with van der Waals surface area (Å²) in [6.07, 6.45) is 32.8. The fourth-order valence-electron chi connectivity index (χ4n) is 8.04. The highest BCUT2D eigenvalue weighted by molar-refractivity contribution is 5.75. The Labute approximate surface area is 316 Å². The topological polar surface area (TPSA) is 85.3 Å². The highest BCUT2D eigenvalue weighted by Crippen LogP contribution is 2.42. The minimum atomic E-state index is -0.757. The Morgan fingerprint density at radius 3 is 1.57 bits per heavy atom. The summed E-state index contributed by atoms with van der Waals surface area (Å²) in [6, 6.07) is -0.0307. The van der Waals surface area contributed by atoms with Crippen LogP contribution in [0, 0.1) is 11.3 Å². The molecule has 0 spiro atoms. The lowest BCUT2D eigenvalue weighted by atomic mass is 9.73. The molecule has 1 fully saturated rings. The van der Waals surface area contributed by atoms with Gasteiger partial charge in [0.1, 0.15) is 0 Å². The lowest BCUT2D eigenvalue weighted by Gasteiger charge is -2.37. The minimum absolute atomic E-state index is 0.0307. The average molecular weight is 724 g/mol. The number of aliphatic carboxylic acids is 1. The number of carbonyl (C=O) groups excluding carboxylic acids is 1. The van der Waals surface area contributed by atoms with E-state index in [4.69, 9.17) is 14.2 Å². The Morgan fingerprint density at radius 1 is 0.627 bits per heavy atom. The van der Waals surface area contributed by atoms with Gasteiger partial charge < -0.3 is 24.2 Å². The van der Waals surface area contributed by atoms with Crippen LogP contribution >= 0.6 is 0 Å². The predicted octanol–water partition coefficient (Wildman–Crippen LogP) is 12.3. The molecule has 7 nitrogen and oxygen atoms in total. The Balaban J connectivity index is 2.49. The van der Waals surface area contributed by atoms with Crippen molar-refractivity contribution in [2.75, 3.05) is 33.4 Å². The first kappa shape index (κ1) is 47.8. The smallest absolute Gasteiger partial charge is 0.311 e. The van der Waals surface area contributed by atoms with Gasteiger partial charge in [-0.15, -0.1) is 0 Å². The number of carboxylic acid groups (broad SMARTS) is 1. The average Bonchev–Trinajstić information content (AvgIpc) is 3.43. The molecule has 0 aromatic heterocycles. The van der Waals surface area contributed by atoms with E-state index >= 15 is 0 Å².